The molecule has 3 aromatic rings. The van der Waals surface area contributed by atoms with Crippen LogP contribution >= 0.6 is 22.9 Å². The molecule has 2 aliphatic heterocycles. The van der Waals surface area contributed by atoms with Crippen LogP contribution in [-0.4, -0.2) is 48.1 Å². The molecule has 0 radical (unpaired) electrons. The van der Waals surface area contributed by atoms with Gasteiger partial charge in [0.25, 0.3) is 5.91 Å². The third-order valence-corrected chi connectivity index (χ3v) is 6.59. The summed E-state index contributed by atoms with van der Waals surface area (Å²) in [5.74, 6) is 0.717. The van der Waals surface area contributed by atoms with Crippen LogP contribution in [-0.2, 0) is 11.2 Å². The molecular formula is C21H17ClN4O2S. The van der Waals surface area contributed by atoms with E-state index in [0.717, 1.165) is 40.0 Å². The number of carbonyl (C=O) groups is 1. The maximum atomic E-state index is 13.0. The number of fused-ring (bicyclic) bond motifs is 2. The molecule has 8 heteroatoms. The number of nitriles is 1. The molecule has 1 atom stereocenters. The van der Waals surface area contributed by atoms with Crippen LogP contribution in [0.5, 0.6) is 5.75 Å². The minimum atomic E-state index is -0.532. The van der Waals surface area contributed by atoms with Crippen molar-refractivity contribution in [2.45, 2.75) is 12.5 Å². The van der Waals surface area contributed by atoms with Crippen molar-refractivity contribution < 1.29 is 9.53 Å². The third kappa shape index (κ3) is 3.23. The number of ether oxygens (including phenoxy) is 1. The topological polar surface area (TPSA) is 78.2 Å². The number of halogens is 1. The Kier molecular flexibility index (Phi) is 4.63. The molecule has 1 aromatic carbocycles. The summed E-state index contributed by atoms with van der Waals surface area (Å²) >= 11 is 7.81. The van der Waals surface area contributed by atoms with Gasteiger partial charge in [0.1, 0.15) is 16.7 Å². The highest BCUT2D eigenvalue weighted by molar-refractivity contribution is 7.20. The van der Waals surface area contributed by atoms with E-state index in [9.17, 15) is 10.1 Å². The second kappa shape index (κ2) is 7.30. The molecule has 0 aliphatic carbocycles. The first-order valence-corrected chi connectivity index (χ1v) is 10.6. The van der Waals surface area contributed by atoms with Crippen LogP contribution in [0.2, 0.25) is 5.02 Å². The summed E-state index contributed by atoms with van der Waals surface area (Å²) in [6.07, 6.45) is 1.70. The number of benzene rings is 1. The monoisotopic (exact) mass is 424 g/mol. The summed E-state index contributed by atoms with van der Waals surface area (Å²) in [7, 11) is 0. The normalized spacial score (nSPS) is 18.3. The average molecular weight is 425 g/mol. The fraction of sp³-hybridized carbons (Fsp3) is 0.286. The first-order chi connectivity index (χ1) is 14.1. The minimum Gasteiger partial charge on any atom is -0.479 e. The number of thiophene rings is 1. The Labute approximate surface area is 176 Å². The van der Waals surface area contributed by atoms with Gasteiger partial charge in [-0.3, -0.25) is 9.78 Å². The number of hydrogen-bond donors (Lipinski definition) is 1. The van der Waals surface area contributed by atoms with Crippen LogP contribution < -0.4 is 10.1 Å². The van der Waals surface area contributed by atoms with Gasteiger partial charge in [0.05, 0.1) is 10.2 Å². The second-order valence-corrected chi connectivity index (χ2v) is 8.61. The van der Waals surface area contributed by atoms with Gasteiger partial charge in [-0.1, -0.05) is 11.6 Å². The average Bonchev–Trinajstić information content (AvgIpc) is 3.36. The standard InChI is InChI=1S/C21H17ClN4O2S/c22-13-7-12-8-18(21(27)26-5-3-24-4-6-26)28-19(12)16(9-13)15-1-2-25-17-10-14(11-23)29-20(15)17/h1-2,7,9-10,18,24H,3-6,8H2. The van der Waals surface area contributed by atoms with Gasteiger partial charge >= 0.3 is 0 Å². The summed E-state index contributed by atoms with van der Waals surface area (Å²) in [5, 5.41) is 13.1. The molecule has 0 saturated carbocycles. The lowest BCUT2D eigenvalue weighted by Crippen LogP contribution is -2.50. The highest BCUT2D eigenvalue weighted by atomic mass is 35.5. The predicted octanol–water partition coefficient (Wildman–Crippen LogP) is 3.22. The summed E-state index contributed by atoms with van der Waals surface area (Å²) in [6, 6.07) is 9.60. The summed E-state index contributed by atoms with van der Waals surface area (Å²) in [6.45, 7) is 2.99. The van der Waals surface area contributed by atoms with Gasteiger partial charge in [0.2, 0.25) is 0 Å². The Morgan fingerprint density at radius 2 is 2.14 bits per heavy atom. The van der Waals surface area contributed by atoms with Crippen molar-refractivity contribution in [3.63, 3.8) is 0 Å². The van der Waals surface area contributed by atoms with Gasteiger partial charge in [0, 0.05) is 60.5 Å². The molecule has 1 unspecified atom stereocenters. The SMILES string of the molecule is N#Cc1cc2nccc(-c3cc(Cl)cc4c3OC(C(=O)N3CCNCC3)C4)c2s1. The molecule has 1 N–H and O–H groups in total. The number of hydrogen-bond acceptors (Lipinski definition) is 6. The van der Waals surface area contributed by atoms with Crippen LogP contribution in [0.1, 0.15) is 10.4 Å². The Bertz CT molecular complexity index is 1160. The van der Waals surface area contributed by atoms with E-state index in [-0.39, 0.29) is 5.91 Å². The van der Waals surface area contributed by atoms with Gasteiger partial charge in [-0.05, 0) is 24.3 Å². The van der Waals surface area contributed by atoms with Crippen LogP contribution in [0.4, 0.5) is 0 Å². The van der Waals surface area contributed by atoms with Crippen molar-refractivity contribution in [1.82, 2.24) is 15.2 Å². The number of nitrogens with zero attached hydrogens (tertiary/aromatic N) is 3. The molecular weight excluding hydrogens is 408 g/mol. The predicted molar refractivity (Wildman–Crippen MR) is 112 cm³/mol. The fourth-order valence-corrected chi connectivity index (χ4v) is 5.14. The van der Waals surface area contributed by atoms with Crippen LogP contribution in [0.25, 0.3) is 21.3 Å². The number of pyridine rings is 1. The van der Waals surface area contributed by atoms with E-state index < -0.39 is 6.10 Å². The number of nitrogens with one attached hydrogen (secondary N) is 1. The molecule has 1 amide bonds. The molecule has 29 heavy (non-hydrogen) atoms. The zero-order chi connectivity index (χ0) is 20.0. The number of rotatable bonds is 2. The van der Waals surface area contributed by atoms with Crippen molar-refractivity contribution in [3.05, 3.63) is 45.9 Å². The molecule has 4 heterocycles. The summed E-state index contributed by atoms with van der Waals surface area (Å²) in [5.41, 5.74) is 3.45. The number of amides is 1. The van der Waals surface area contributed by atoms with Crippen LogP contribution in [0.15, 0.2) is 30.5 Å². The molecule has 6 nitrogen and oxygen atoms in total. The van der Waals surface area contributed by atoms with Crippen LogP contribution in [0.3, 0.4) is 0 Å². The molecule has 2 aliphatic rings. The van der Waals surface area contributed by atoms with Gasteiger partial charge in [-0.15, -0.1) is 11.3 Å². The summed E-state index contributed by atoms with van der Waals surface area (Å²) < 4.78 is 7.10. The van der Waals surface area contributed by atoms with Gasteiger partial charge in [-0.2, -0.15) is 5.26 Å². The number of piperazine rings is 1. The highest BCUT2D eigenvalue weighted by Gasteiger charge is 2.35. The quantitative estimate of drug-likeness (QED) is 0.683. The van der Waals surface area contributed by atoms with Crippen molar-refractivity contribution >= 4 is 39.1 Å². The molecule has 2 aromatic heterocycles. The highest BCUT2D eigenvalue weighted by Crippen LogP contribution is 2.44. The smallest absolute Gasteiger partial charge is 0.264 e. The van der Waals surface area contributed by atoms with E-state index in [2.05, 4.69) is 16.4 Å². The Morgan fingerprint density at radius 3 is 2.93 bits per heavy atom. The van der Waals surface area contributed by atoms with Crippen LogP contribution in [0, 0.1) is 11.3 Å². The van der Waals surface area contributed by atoms with E-state index in [0.29, 0.717) is 35.2 Å². The van der Waals surface area contributed by atoms with Gasteiger partial charge < -0.3 is 15.0 Å². The van der Waals surface area contributed by atoms with E-state index in [1.165, 1.54) is 11.3 Å². The molecule has 1 fully saturated rings. The zero-order valence-corrected chi connectivity index (χ0v) is 17.0. The van der Waals surface area contributed by atoms with Crippen molar-refractivity contribution in [1.29, 1.82) is 5.26 Å². The molecule has 0 bridgehead atoms. The van der Waals surface area contributed by atoms with Crippen molar-refractivity contribution in [2.75, 3.05) is 26.2 Å². The first-order valence-electron chi connectivity index (χ1n) is 9.41. The number of aromatic nitrogens is 1. The minimum absolute atomic E-state index is 0.0209. The molecule has 5 rings (SSSR count). The van der Waals surface area contributed by atoms with E-state index >= 15 is 0 Å². The maximum absolute atomic E-state index is 13.0. The maximum Gasteiger partial charge on any atom is 0.264 e. The van der Waals surface area contributed by atoms with E-state index in [4.69, 9.17) is 16.3 Å². The lowest BCUT2D eigenvalue weighted by atomic mass is 10.0. The lowest BCUT2D eigenvalue weighted by molar-refractivity contribution is -0.138. The zero-order valence-electron chi connectivity index (χ0n) is 15.4. The molecule has 146 valence electrons. The molecule has 0 spiro atoms. The van der Waals surface area contributed by atoms with Gasteiger partial charge in [0.15, 0.2) is 6.10 Å². The largest absolute Gasteiger partial charge is 0.479 e. The number of carbonyl (C=O) groups excluding carboxylic acids is 1. The van der Waals surface area contributed by atoms with E-state index in [1.54, 1.807) is 12.3 Å². The Hall–Kier alpha value is -2.66. The van der Waals surface area contributed by atoms with Crippen molar-refractivity contribution in [2.24, 2.45) is 0 Å². The Balaban J connectivity index is 1.55. The second-order valence-electron chi connectivity index (χ2n) is 7.12. The van der Waals surface area contributed by atoms with Crippen molar-refractivity contribution in [3.8, 4) is 22.9 Å². The first kappa shape index (κ1) is 18.4. The Morgan fingerprint density at radius 1 is 1.31 bits per heavy atom. The molecule has 1 saturated heterocycles. The lowest BCUT2D eigenvalue weighted by Gasteiger charge is -2.29. The van der Waals surface area contributed by atoms with Gasteiger partial charge in [-0.25, -0.2) is 0 Å². The summed E-state index contributed by atoms with van der Waals surface area (Å²) in [4.78, 5) is 19.8. The third-order valence-electron chi connectivity index (χ3n) is 5.31. The van der Waals surface area contributed by atoms with E-state index in [1.807, 2.05) is 23.1 Å². The fourth-order valence-electron chi connectivity index (χ4n) is 3.96.